The Morgan fingerprint density at radius 2 is 1.94 bits per heavy atom. The molecule has 2 aromatic rings. The van der Waals surface area contributed by atoms with Crippen LogP contribution in [0, 0.1) is 5.92 Å². The Kier molecular flexibility index (Phi) is 4.50. The first-order valence-corrected chi connectivity index (χ1v) is 7.28. The third-order valence-electron chi connectivity index (χ3n) is 2.83. The molecule has 1 heterocycles. The fourth-order valence-electron chi connectivity index (χ4n) is 2.06. The minimum absolute atomic E-state index is 0.222. The van der Waals surface area contributed by atoms with Gasteiger partial charge in [0.2, 0.25) is 0 Å². The van der Waals surface area contributed by atoms with E-state index in [1.54, 1.807) is 11.3 Å². The molecule has 0 saturated carbocycles. The summed E-state index contributed by atoms with van der Waals surface area (Å²) in [5.74, 6) is 0.647. The van der Waals surface area contributed by atoms with Gasteiger partial charge < -0.3 is 5.73 Å². The average molecular weight is 260 g/mol. The molecule has 0 amide bonds. The van der Waals surface area contributed by atoms with Gasteiger partial charge in [0.15, 0.2) is 0 Å². The van der Waals surface area contributed by atoms with E-state index in [9.17, 15) is 0 Å². The molecule has 2 nitrogen and oxygen atoms in total. The zero-order chi connectivity index (χ0) is 13.0. The second kappa shape index (κ2) is 6.12. The number of hydrogen-bond donors (Lipinski definition) is 1. The van der Waals surface area contributed by atoms with Gasteiger partial charge in [0.1, 0.15) is 0 Å². The van der Waals surface area contributed by atoms with Crippen molar-refractivity contribution in [1.29, 1.82) is 0 Å². The molecule has 3 heteroatoms. The van der Waals surface area contributed by atoms with Crippen LogP contribution in [-0.2, 0) is 6.42 Å². The fraction of sp³-hybridized carbons (Fsp3) is 0.400. The van der Waals surface area contributed by atoms with Crippen LogP contribution in [0.25, 0.3) is 11.3 Å². The van der Waals surface area contributed by atoms with Crippen LogP contribution in [0.5, 0.6) is 0 Å². The Bertz CT molecular complexity index is 476. The summed E-state index contributed by atoms with van der Waals surface area (Å²) < 4.78 is 0. The smallest absolute Gasteiger partial charge is 0.0948 e. The van der Waals surface area contributed by atoms with Crippen molar-refractivity contribution in [3.63, 3.8) is 0 Å². The van der Waals surface area contributed by atoms with Crippen LogP contribution >= 0.6 is 11.3 Å². The summed E-state index contributed by atoms with van der Waals surface area (Å²) in [5.41, 5.74) is 8.36. The predicted octanol–water partition coefficient (Wildman–Crippen LogP) is 3.73. The van der Waals surface area contributed by atoms with Crippen LogP contribution in [0.4, 0.5) is 0 Å². The summed E-state index contributed by atoms with van der Waals surface area (Å²) in [7, 11) is 0. The fourth-order valence-corrected chi connectivity index (χ4v) is 2.96. The average Bonchev–Trinajstić information content (AvgIpc) is 2.77. The highest BCUT2D eigenvalue weighted by Gasteiger charge is 2.10. The summed E-state index contributed by atoms with van der Waals surface area (Å²) >= 11 is 1.71. The topological polar surface area (TPSA) is 38.9 Å². The third kappa shape index (κ3) is 3.65. The first-order chi connectivity index (χ1) is 8.65. The second-order valence-corrected chi connectivity index (χ2v) is 6.03. The van der Waals surface area contributed by atoms with Gasteiger partial charge in [-0.25, -0.2) is 4.98 Å². The van der Waals surface area contributed by atoms with E-state index in [4.69, 9.17) is 5.73 Å². The van der Waals surface area contributed by atoms with Crippen molar-refractivity contribution in [3.05, 3.63) is 40.7 Å². The molecule has 1 aromatic heterocycles. The van der Waals surface area contributed by atoms with Crippen LogP contribution in [0.15, 0.2) is 35.7 Å². The minimum atomic E-state index is 0.222. The van der Waals surface area contributed by atoms with E-state index in [-0.39, 0.29) is 6.04 Å². The maximum Gasteiger partial charge on any atom is 0.0948 e. The molecule has 0 spiro atoms. The highest BCUT2D eigenvalue weighted by atomic mass is 32.1. The molecule has 96 valence electrons. The van der Waals surface area contributed by atoms with Crippen molar-refractivity contribution in [2.45, 2.75) is 32.7 Å². The van der Waals surface area contributed by atoms with E-state index < -0.39 is 0 Å². The molecular weight excluding hydrogens is 240 g/mol. The van der Waals surface area contributed by atoms with Crippen LogP contribution in [-0.4, -0.2) is 11.0 Å². The number of rotatable bonds is 5. The normalized spacial score (nSPS) is 12.9. The number of hydrogen-bond acceptors (Lipinski definition) is 3. The molecule has 0 saturated heterocycles. The molecule has 0 aliphatic heterocycles. The highest BCUT2D eigenvalue weighted by Crippen LogP contribution is 2.22. The van der Waals surface area contributed by atoms with Gasteiger partial charge in [-0.2, -0.15) is 0 Å². The number of nitrogens with two attached hydrogens (primary N) is 1. The van der Waals surface area contributed by atoms with E-state index in [1.807, 2.05) is 18.2 Å². The zero-order valence-corrected chi connectivity index (χ0v) is 11.8. The quantitative estimate of drug-likeness (QED) is 0.889. The van der Waals surface area contributed by atoms with Crippen molar-refractivity contribution < 1.29 is 0 Å². The van der Waals surface area contributed by atoms with Crippen molar-refractivity contribution in [2.75, 3.05) is 0 Å². The Labute approximate surface area is 113 Å². The number of benzene rings is 1. The third-order valence-corrected chi connectivity index (χ3v) is 3.70. The van der Waals surface area contributed by atoms with E-state index >= 15 is 0 Å². The lowest BCUT2D eigenvalue weighted by atomic mass is 10.0. The molecular formula is C15H20N2S. The van der Waals surface area contributed by atoms with Crippen LogP contribution < -0.4 is 5.73 Å². The summed E-state index contributed by atoms with van der Waals surface area (Å²) in [6.45, 7) is 4.41. The highest BCUT2D eigenvalue weighted by molar-refractivity contribution is 7.09. The molecule has 2 rings (SSSR count). The summed E-state index contributed by atoms with van der Waals surface area (Å²) in [6, 6.07) is 10.5. The van der Waals surface area contributed by atoms with E-state index in [2.05, 4.69) is 36.3 Å². The van der Waals surface area contributed by atoms with Crippen molar-refractivity contribution in [3.8, 4) is 11.3 Å². The Hall–Kier alpha value is -1.19. The van der Waals surface area contributed by atoms with Crippen molar-refractivity contribution in [1.82, 2.24) is 4.98 Å². The maximum atomic E-state index is 6.12. The van der Waals surface area contributed by atoms with Gasteiger partial charge in [-0.3, -0.25) is 0 Å². The Balaban J connectivity index is 2.03. The molecule has 0 aliphatic rings. The summed E-state index contributed by atoms with van der Waals surface area (Å²) in [5, 5.41) is 3.26. The van der Waals surface area contributed by atoms with Gasteiger partial charge in [0.25, 0.3) is 0 Å². The molecule has 1 aromatic carbocycles. The lowest BCUT2D eigenvalue weighted by molar-refractivity contribution is 0.493. The van der Waals surface area contributed by atoms with Gasteiger partial charge in [-0.15, -0.1) is 11.3 Å². The largest absolute Gasteiger partial charge is 0.327 e. The van der Waals surface area contributed by atoms with Gasteiger partial charge in [-0.05, 0) is 12.3 Å². The SMILES string of the molecule is CC(C)CC(N)Cc1nc(-c2ccccc2)cs1. The van der Waals surface area contributed by atoms with Crippen LogP contribution in [0.3, 0.4) is 0 Å². The van der Waals surface area contributed by atoms with Crippen molar-refractivity contribution in [2.24, 2.45) is 11.7 Å². The lowest BCUT2D eigenvalue weighted by Crippen LogP contribution is -2.24. The van der Waals surface area contributed by atoms with Gasteiger partial charge in [0, 0.05) is 23.4 Å². The monoisotopic (exact) mass is 260 g/mol. The molecule has 1 unspecified atom stereocenters. The van der Waals surface area contributed by atoms with Crippen molar-refractivity contribution >= 4 is 11.3 Å². The first-order valence-electron chi connectivity index (χ1n) is 6.40. The van der Waals surface area contributed by atoms with Crippen LogP contribution in [0.1, 0.15) is 25.3 Å². The maximum absolute atomic E-state index is 6.12. The molecule has 18 heavy (non-hydrogen) atoms. The predicted molar refractivity (Wildman–Crippen MR) is 78.7 cm³/mol. The Morgan fingerprint density at radius 1 is 1.22 bits per heavy atom. The van der Waals surface area contributed by atoms with E-state index in [0.717, 1.165) is 23.5 Å². The molecule has 0 bridgehead atoms. The van der Waals surface area contributed by atoms with Gasteiger partial charge >= 0.3 is 0 Å². The zero-order valence-electron chi connectivity index (χ0n) is 11.0. The molecule has 1 atom stereocenters. The molecule has 0 fully saturated rings. The minimum Gasteiger partial charge on any atom is -0.327 e. The van der Waals surface area contributed by atoms with Crippen LogP contribution in [0.2, 0.25) is 0 Å². The van der Waals surface area contributed by atoms with E-state index in [0.29, 0.717) is 5.92 Å². The molecule has 2 N–H and O–H groups in total. The van der Waals surface area contributed by atoms with Gasteiger partial charge in [-0.1, -0.05) is 44.2 Å². The first kappa shape index (κ1) is 13.2. The second-order valence-electron chi connectivity index (χ2n) is 5.09. The Morgan fingerprint density at radius 3 is 2.61 bits per heavy atom. The molecule has 0 radical (unpaired) electrons. The molecule has 0 aliphatic carbocycles. The summed E-state index contributed by atoms with van der Waals surface area (Å²) in [6.07, 6.45) is 1.94. The van der Waals surface area contributed by atoms with Gasteiger partial charge in [0.05, 0.1) is 10.7 Å². The lowest BCUT2D eigenvalue weighted by Gasteiger charge is -2.11. The number of nitrogens with zero attached hydrogens (tertiary/aromatic N) is 1. The number of aromatic nitrogens is 1. The van der Waals surface area contributed by atoms with E-state index in [1.165, 1.54) is 5.56 Å². The summed E-state index contributed by atoms with van der Waals surface area (Å²) in [4.78, 5) is 4.67. The standard InChI is InChI=1S/C15H20N2S/c1-11(2)8-13(16)9-15-17-14(10-18-15)12-6-4-3-5-7-12/h3-7,10-11,13H,8-9,16H2,1-2H3. The number of thiazole rings is 1.